The lowest BCUT2D eigenvalue weighted by Crippen LogP contribution is -2.27. The van der Waals surface area contributed by atoms with Crippen LogP contribution < -0.4 is 0 Å². The Bertz CT molecular complexity index is 639. The zero-order valence-electron chi connectivity index (χ0n) is 11.2. The van der Waals surface area contributed by atoms with Gasteiger partial charge in [-0.1, -0.05) is 0 Å². The summed E-state index contributed by atoms with van der Waals surface area (Å²) in [5.74, 6) is -2.49. The molecular formula is C12H14FNO5S. The molecule has 0 aromatic heterocycles. The van der Waals surface area contributed by atoms with Gasteiger partial charge in [0.15, 0.2) is 16.4 Å². The summed E-state index contributed by atoms with van der Waals surface area (Å²) in [7, 11) is -0.623. The smallest absolute Gasteiger partial charge is 0.341 e. The molecule has 0 saturated carbocycles. The number of nitrogens with zero attached hydrogens (tertiary/aromatic N) is 1. The number of hydrogen-bond donors (Lipinski definition) is 0. The van der Waals surface area contributed by atoms with Gasteiger partial charge in [0, 0.05) is 20.4 Å². The van der Waals surface area contributed by atoms with Crippen molar-refractivity contribution in [1.82, 2.24) is 4.90 Å². The Morgan fingerprint density at radius 3 is 2.40 bits per heavy atom. The molecule has 0 bridgehead atoms. The van der Waals surface area contributed by atoms with Crippen LogP contribution in [0, 0.1) is 5.82 Å². The Balaban J connectivity index is 2.96. The molecule has 6 nitrogen and oxygen atoms in total. The molecule has 8 heteroatoms. The molecular weight excluding hydrogens is 289 g/mol. The third kappa shape index (κ3) is 4.02. The second-order valence-corrected chi connectivity index (χ2v) is 6.29. The summed E-state index contributed by atoms with van der Waals surface area (Å²) in [5, 5.41) is 0. The number of carbonyl (C=O) groups is 2. The molecule has 0 atom stereocenters. The second-order valence-electron chi connectivity index (χ2n) is 4.28. The number of likely N-dealkylation sites (N-methyl/N-ethyl adjacent to an activating group) is 1. The van der Waals surface area contributed by atoms with Crippen molar-refractivity contribution in [1.29, 1.82) is 0 Å². The first kappa shape index (κ1) is 16.1. The molecule has 0 fully saturated rings. The highest BCUT2D eigenvalue weighted by molar-refractivity contribution is 7.90. The molecule has 0 aliphatic rings. The van der Waals surface area contributed by atoms with Crippen LogP contribution in [-0.2, 0) is 19.4 Å². The van der Waals surface area contributed by atoms with E-state index < -0.39 is 39.7 Å². The maximum absolute atomic E-state index is 13.5. The van der Waals surface area contributed by atoms with E-state index in [9.17, 15) is 22.4 Å². The lowest BCUT2D eigenvalue weighted by Gasteiger charge is -2.11. The van der Waals surface area contributed by atoms with Crippen molar-refractivity contribution < 1.29 is 27.1 Å². The molecule has 1 aromatic carbocycles. The van der Waals surface area contributed by atoms with Crippen LogP contribution in [0.2, 0.25) is 0 Å². The number of carbonyl (C=O) groups excluding carboxylic acids is 2. The Hall–Kier alpha value is -1.96. The molecule has 1 rings (SSSR count). The summed E-state index contributed by atoms with van der Waals surface area (Å²) in [6, 6.07) is 2.79. The van der Waals surface area contributed by atoms with Gasteiger partial charge in [-0.15, -0.1) is 0 Å². The van der Waals surface area contributed by atoms with E-state index in [4.69, 9.17) is 0 Å². The van der Waals surface area contributed by atoms with Crippen LogP contribution in [0.1, 0.15) is 10.4 Å². The fourth-order valence-corrected chi connectivity index (χ4v) is 1.87. The van der Waals surface area contributed by atoms with Gasteiger partial charge in [-0.25, -0.2) is 17.6 Å². The van der Waals surface area contributed by atoms with Gasteiger partial charge >= 0.3 is 5.97 Å². The van der Waals surface area contributed by atoms with Crippen LogP contribution in [0.15, 0.2) is 23.1 Å². The number of sulfone groups is 1. The second kappa shape index (κ2) is 6.00. The van der Waals surface area contributed by atoms with Gasteiger partial charge in [-0.3, -0.25) is 4.79 Å². The average molecular weight is 303 g/mol. The van der Waals surface area contributed by atoms with Crippen molar-refractivity contribution in [3.8, 4) is 0 Å². The van der Waals surface area contributed by atoms with E-state index in [0.717, 1.165) is 24.5 Å². The molecule has 0 aliphatic carbocycles. The fraction of sp³-hybridized carbons (Fsp3) is 0.333. The Kier molecular flexibility index (Phi) is 4.83. The van der Waals surface area contributed by atoms with Crippen LogP contribution in [0.25, 0.3) is 0 Å². The zero-order valence-corrected chi connectivity index (χ0v) is 12.0. The first-order chi connectivity index (χ1) is 9.12. The van der Waals surface area contributed by atoms with Crippen molar-refractivity contribution in [3.05, 3.63) is 29.6 Å². The number of benzene rings is 1. The minimum Gasteiger partial charge on any atom is -0.452 e. The molecule has 0 radical (unpaired) electrons. The molecule has 0 N–H and O–H groups in total. The summed E-state index contributed by atoms with van der Waals surface area (Å²) in [6.07, 6.45) is 0.935. The Morgan fingerprint density at radius 2 is 1.90 bits per heavy atom. The molecule has 0 saturated heterocycles. The van der Waals surface area contributed by atoms with Crippen LogP contribution in [0.4, 0.5) is 4.39 Å². The van der Waals surface area contributed by atoms with Crippen molar-refractivity contribution in [2.24, 2.45) is 0 Å². The Morgan fingerprint density at radius 1 is 1.30 bits per heavy atom. The van der Waals surface area contributed by atoms with Crippen LogP contribution in [0.3, 0.4) is 0 Å². The first-order valence-electron chi connectivity index (χ1n) is 5.50. The van der Waals surface area contributed by atoms with E-state index >= 15 is 0 Å². The van der Waals surface area contributed by atoms with E-state index in [-0.39, 0.29) is 4.90 Å². The quantitative estimate of drug-likeness (QED) is 0.597. The maximum Gasteiger partial charge on any atom is 0.341 e. The van der Waals surface area contributed by atoms with Gasteiger partial charge in [0.25, 0.3) is 5.91 Å². The van der Waals surface area contributed by atoms with E-state index in [2.05, 4.69) is 4.74 Å². The molecule has 0 aliphatic heterocycles. The predicted molar refractivity (Wildman–Crippen MR) is 68.5 cm³/mol. The maximum atomic E-state index is 13.5. The third-order valence-corrected chi connectivity index (χ3v) is 3.52. The summed E-state index contributed by atoms with van der Waals surface area (Å²) >= 11 is 0. The van der Waals surface area contributed by atoms with Gasteiger partial charge in [-0.2, -0.15) is 0 Å². The fourth-order valence-electron chi connectivity index (χ4n) is 1.23. The average Bonchev–Trinajstić information content (AvgIpc) is 2.34. The molecule has 0 heterocycles. The van der Waals surface area contributed by atoms with Gasteiger partial charge in [-0.05, 0) is 18.2 Å². The topological polar surface area (TPSA) is 80.8 Å². The van der Waals surface area contributed by atoms with Crippen molar-refractivity contribution >= 4 is 21.7 Å². The number of hydrogen-bond acceptors (Lipinski definition) is 5. The minimum atomic E-state index is -3.57. The summed E-state index contributed by atoms with van der Waals surface area (Å²) < 4.78 is 40.8. The zero-order chi connectivity index (χ0) is 15.5. The Labute approximate surface area is 116 Å². The van der Waals surface area contributed by atoms with Gasteiger partial charge in [0.05, 0.1) is 10.5 Å². The lowest BCUT2D eigenvalue weighted by atomic mass is 10.2. The van der Waals surface area contributed by atoms with E-state index in [1.165, 1.54) is 19.0 Å². The SMILES string of the molecule is CN(C)C(=O)COC(=O)c1cc(S(C)(=O)=O)ccc1F. The monoisotopic (exact) mass is 303 g/mol. The number of amides is 1. The number of esters is 1. The van der Waals surface area contributed by atoms with E-state index in [0.29, 0.717) is 0 Å². The number of halogens is 1. The highest BCUT2D eigenvalue weighted by Gasteiger charge is 2.18. The van der Waals surface area contributed by atoms with E-state index in [1.54, 1.807) is 0 Å². The standard InChI is InChI=1S/C12H14FNO5S/c1-14(2)11(15)7-19-12(16)9-6-8(20(3,17)18)4-5-10(9)13/h4-6H,7H2,1-3H3. The molecule has 20 heavy (non-hydrogen) atoms. The normalized spacial score (nSPS) is 11.0. The van der Waals surface area contributed by atoms with Crippen LogP contribution >= 0.6 is 0 Å². The molecule has 0 unspecified atom stereocenters. The summed E-state index contributed by atoms with van der Waals surface area (Å²) in [6.45, 7) is -0.547. The van der Waals surface area contributed by atoms with Crippen molar-refractivity contribution in [2.75, 3.05) is 27.0 Å². The highest BCUT2D eigenvalue weighted by atomic mass is 32.2. The largest absolute Gasteiger partial charge is 0.452 e. The van der Waals surface area contributed by atoms with Crippen molar-refractivity contribution in [2.45, 2.75) is 4.90 Å². The first-order valence-corrected chi connectivity index (χ1v) is 7.39. The summed E-state index contributed by atoms with van der Waals surface area (Å²) in [5.41, 5.74) is -0.528. The van der Waals surface area contributed by atoms with Crippen molar-refractivity contribution in [3.63, 3.8) is 0 Å². The highest BCUT2D eigenvalue weighted by Crippen LogP contribution is 2.16. The molecule has 0 spiro atoms. The molecule has 1 amide bonds. The number of rotatable bonds is 4. The third-order valence-electron chi connectivity index (χ3n) is 2.41. The van der Waals surface area contributed by atoms with Crippen LogP contribution in [-0.4, -0.2) is 52.2 Å². The van der Waals surface area contributed by atoms with Gasteiger partial charge < -0.3 is 9.64 Å². The van der Waals surface area contributed by atoms with Crippen LogP contribution in [0.5, 0.6) is 0 Å². The molecule has 110 valence electrons. The number of ether oxygens (including phenoxy) is 1. The minimum absolute atomic E-state index is 0.204. The summed E-state index contributed by atoms with van der Waals surface area (Å²) in [4.78, 5) is 23.9. The molecule has 1 aromatic rings. The predicted octanol–water partition coefficient (Wildman–Crippen LogP) is 0.474. The van der Waals surface area contributed by atoms with Gasteiger partial charge in [0.2, 0.25) is 0 Å². The van der Waals surface area contributed by atoms with Gasteiger partial charge in [0.1, 0.15) is 5.82 Å². The lowest BCUT2D eigenvalue weighted by molar-refractivity contribution is -0.131. The van der Waals surface area contributed by atoms with E-state index in [1.807, 2.05) is 0 Å².